The first-order valence-electron chi connectivity index (χ1n) is 6.06. The van der Waals surface area contributed by atoms with Gasteiger partial charge in [0, 0.05) is 13.7 Å². The fraction of sp³-hybridized carbons (Fsp3) is 0.615. The fourth-order valence-electron chi connectivity index (χ4n) is 1.65. The van der Waals surface area contributed by atoms with E-state index in [0.717, 1.165) is 31.8 Å². The Bertz CT molecular complexity index is 373. The van der Waals surface area contributed by atoms with Crippen LogP contribution >= 0.6 is 0 Å². The number of unbranched alkanes of at least 4 members (excludes halogenated alkanes) is 1. The summed E-state index contributed by atoms with van der Waals surface area (Å²) in [5, 5.41) is 3.26. The summed E-state index contributed by atoms with van der Waals surface area (Å²) in [5.41, 5.74) is 0.494. The summed E-state index contributed by atoms with van der Waals surface area (Å²) in [5.74, 6) is 0.986. The molecule has 1 rings (SSSR count). The number of methoxy groups -OCH3 is 2. The number of ether oxygens (including phenoxy) is 2. The van der Waals surface area contributed by atoms with Crippen LogP contribution in [0.4, 0.5) is 0 Å². The Morgan fingerprint density at radius 3 is 2.83 bits per heavy atom. The van der Waals surface area contributed by atoms with Gasteiger partial charge < -0.3 is 19.2 Å². The lowest BCUT2D eigenvalue weighted by Gasteiger charge is -2.01. The third kappa shape index (κ3) is 4.50. The van der Waals surface area contributed by atoms with Gasteiger partial charge in [-0.2, -0.15) is 0 Å². The van der Waals surface area contributed by atoms with Crippen molar-refractivity contribution in [2.75, 3.05) is 27.4 Å². The van der Waals surface area contributed by atoms with Crippen molar-refractivity contribution >= 4 is 5.97 Å². The third-order valence-corrected chi connectivity index (χ3v) is 2.63. The van der Waals surface area contributed by atoms with E-state index < -0.39 is 0 Å². The number of hydrogen-bond acceptors (Lipinski definition) is 5. The average Bonchev–Trinajstić information content (AvgIpc) is 2.74. The molecule has 18 heavy (non-hydrogen) atoms. The summed E-state index contributed by atoms with van der Waals surface area (Å²) in [6.45, 7) is 4.06. The van der Waals surface area contributed by atoms with Gasteiger partial charge in [0.05, 0.1) is 13.7 Å². The van der Waals surface area contributed by atoms with Crippen LogP contribution in [0.15, 0.2) is 10.5 Å². The van der Waals surface area contributed by atoms with E-state index in [1.807, 2.05) is 0 Å². The Morgan fingerprint density at radius 2 is 2.17 bits per heavy atom. The zero-order valence-corrected chi connectivity index (χ0v) is 11.2. The number of esters is 1. The summed E-state index contributed by atoms with van der Waals surface area (Å²) in [6.07, 6.45) is 2.09. The summed E-state index contributed by atoms with van der Waals surface area (Å²) in [6, 6.07) is 1.73. The predicted octanol–water partition coefficient (Wildman–Crippen LogP) is 1.89. The molecule has 0 unspecified atom stereocenters. The van der Waals surface area contributed by atoms with Crippen molar-refractivity contribution in [1.82, 2.24) is 5.32 Å². The maximum Gasteiger partial charge on any atom is 0.341 e. The first-order chi connectivity index (χ1) is 8.69. The summed E-state index contributed by atoms with van der Waals surface area (Å²) < 4.78 is 15.1. The summed E-state index contributed by atoms with van der Waals surface area (Å²) >= 11 is 0. The topological polar surface area (TPSA) is 60.7 Å². The molecule has 0 saturated carbocycles. The van der Waals surface area contributed by atoms with Crippen molar-refractivity contribution < 1.29 is 18.7 Å². The summed E-state index contributed by atoms with van der Waals surface area (Å²) in [7, 11) is 3.07. The molecule has 0 spiro atoms. The molecule has 0 saturated heterocycles. The van der Waals surface area contributed by atoms with Gasteiger partial charge in [-0.3, -0.25) is 0 Å². The van der Waals surface area contributed by atoms with Crippen LogP contribution in [0.25, 0.3) is 0 Å². The SMILES string of the molecule is COCCCCNCc1cc(C(=O)OC)c(C)o1. The van der Waals surface area contributed by atoms with Crippen LogP contribution in [0.3, 0.4) is 0 Å². The molecule has 0 radical (unpaired) electrons. The van der Waals surface area contributed by atoms with Crippen LogP contribution in [0.5, 0.6) is 0 Å². The number of carbonyl (C=O) groups excluding carboxylic acids is 1. The molecule has 1 aromatic rings. The second kappa shape index (κ2) is 7.89. The van der Waals surface area contributed by atoms with Crippen LogP contribution in [0.2, 0.25) is 0 Å². The van der Waals surface area contributed by atoms with Gasteiger partial charge >= 0.3 is 5.97 Å². The molecule has 5 heteroatoms. The molecule has 0 amide bonds. The minimum Gasteiger partial charge on any atom is -0.465 e. The first kappa shape index (κ1) is 14.7. The van der Waals surface area contributed by atoms with E-state index in [1.165, 1.54) is 7.11 Å². The molecular formula is C13H21NO4. The average molecular weight is 255 g/mol. The second-order valence-electron chi connectivity index (χ2n) is 4.05. The number of carbonyl (C=O) groups is 1. The van der Waals surface area contributed by atoms with E-state index in [1.54, 1.807) is 20.1 Å². The minimum atomic E-state index is -0.359. The quantitative estimate of drug-likeness (QED) is 0.568. The molecule has 1 heterocycles. The van der Waals surface area contributed by atoms with E-state index >= 15 is 0 Å². The van der Waals surface area contributed by atoms with Crippen LogP contribution in [-0.2, 0) is 16.0 Å². The molecule has 0 aromatic carbocycles. The summed E-state index contributed by atoms with van der Waals surface area (Å²) in [4.78, 5) is 11.4. The van der Waals surface area contributed by atoms with Crippen LogP contribution < -0.4 is 5.32 Å². The molecule has 0 aliphatic heterocycles. The van der Waals surface area contributed by atoms with E-state index in [9.17, 15) is 4.79 Å². The lowest BCUT2D eigenvalue weighted by molar-refractivity contribution is 0.0599. The molecule has 0 bridgehead atoms. The number of furan rings is 1. The minimum absolute atomic E-state index is 0.359. The van der Waals surface area contributed by atoms with Crippen molar-refractivity contribution in [2.24, 2.45) is 0 Å². The normalized spacial score (nSPS) is 10.6. The molecule has 0 atom stereocenters. The second-order valence-corrected chi connectivity index (χ2v) is 4.05. The zero-order chi connectivity index (χ0) is 13.4. The van der Waals surface area contributed by atoms with Crippen molar-refractivity contribution in [3.05, 3.63) is 23.2 Å². The maximum absolute atomic E-state index is 11.4. The number of hydrogen-bond donors (Lipinski definition) is 1. The van der Waals surface area contributed by atoms with Gasteiger partial charge in [-0.1, -0.05) is 0 Å². The third-order valence-electron chi connectivity index (χ3n) is 2.63. The van der Waals surface area contributed by atoms with Crippen molar-refractivity contribution in [3.63, 3.8) is 0 Å². The molecule has 0 fully saturated rings. The highest BCUT2D eigenvalue weighted by Gasteiger charge is 2.14. The van der Waals surface area contributed by atoms with Crippen molar-refractivity contribution in [2.45, 2.75) is 26.3 Å². The lowest BCUT2D eigenvalue weighted by Crippen LogP contribution is -2.14. The van der Waals surface area contributed by atoms with Crippen LogP contribution in [0.1, 0.15) is 34.7 Å². The molecule has 102 valence electrons. The Balaban J connectivity index is 2.33. The standard InChI is InChI=1S/C13H21NO4/c1-10-12(13(15)17-3)8-11(18-10)9-14-6-4-5-7-16-2/h8,14H,4-7,9H2,1-3H3. The Labute approximate surface area is 107 Å². The van der Waals surface area contributed by atoms with Gasteiger partial charge in [0.1, 0.15) is 17.1 Å². The van der Waals surface area contributed by atoms with Crippen LogP contribution in [0, 0.1) is 6.92 Å². The van der Waals surface area contributed by atoms with E-state index in [2.05, 4.69) is 10.1 Å². The largest absolute Gasteiger partial charge is 0.465 e. The highest BCUT2D eigenvalue weighted by Crippen LogP contribution is 2.15. The van der Waals surface area contributed by atoms with E-state index in [0.29, 0.717) is 17.9 Å². The Hall–Kier alpha value is -1.33. The number of aryl methyl sites for hydroxylation is 1. The van der Waals surface area contributed by atoms with E-state index in [-0.39, 0.29) is 5.97 Å². The fourth-order valence-corrected chi connectivity index (χ4v) is 1.65. The van der Waals surface area contributed by atoms with Gasteiger partial charge in [-0.25, -0.2) is 4.79 Å². The smallest absolute Gasteiger partial charge is 0.341 e. The van der Waals surface area contributed by atoms with Crippen molar-refractivity contribution in [1.29, 1.82) is 0 Å². The highest BCUT2D eigenvalue weighted by atomic mass is 16.5. The highest BCUT2D eigenvalue weighted by molar-refractivity contribution is 5.90. The Morgan fingerprint density at radius 1 is 1.39 bits per heavy atom. The molecular weight excluding hydrogens is 234 g/mol. The predicted molar refractivity (Wildman–Crippen MR) is 67.6 cm³/mol. The first-order valence-corrected chi connectivity index (χ1v) is 6.06. The van der Waals surface area contributed by atoms with Gasteiger partial charge in [0.2, 0.25) is 0 Å². The molecule has 1 aromatic heterocycles. The van der Waals surface area contributed by atoms with Gasteiger partial charge in [0.15, 0.2) is 0 Å². The molecule has 1 N–H and O–H groups in total. The number of nitrogens with one attached hydrogen (secondary N) is 1. The monoisotopic (exact) mass is 255 g/mol. The zero-order valence-electron chi connectivity index (χ0n) is 11.2. The maximum atomic E-state index is 11.4. The number of rotatable bonds is 8. The lowest BCUT2D eigenvalue weighted by atomic mass is 10.2. The van der Waals surface area contributed by atoms with Gasteiger partial charge in [-0.05, 0) is 32.4 Å². The molecule has 5 nitrogen and oxygen atoms in total. The molecule has 0 aliphatic rings. The van der Waals surface area contributed by atoms with E-state index in [4.69, 9.17) is 9.15 Å². The van der Waals surface area contributed by atoms with Gasteiger partial charge in [0.25, 0.3) is 0 Å². The Kier molecular flexibility index (Phi) is 6.46. The van der Waals surface area contributed by atoms with Crippen LogP contribution in [-0.4, -0.2) is 33.3 Å². The van der Waals surface area contributed by atoms with Gasteiger partial charge in [-0.15, -0.1) is 0 Å². The van der Waals surface area contributed by atoms with Crippen molar-refractivity contribution in [3.8, 4) is 0 Å². The molecule has 0 aliphatic carbocycles.